The van der Waals surface area contributed by atoms with Gasteiger partial charge < -0.3 is 10.6 Å². The van der Waals surface area contributed by atoms with E-state index in [9.17, 15) is 0 Å². The molecular formula is C16H28N2. The van der Waals surface area contributed by atoms with Crippen LogP contribution in [-0.4, -0.2) is 13.1 Å². The van der Waals surface area contributed by atoms with Gasteiger partial charge in [0, 0.05) is 24.8 Å². The zero-order valence-electron chi connectivity index (χ0n) is 12.5. The van der Waals surface area contributed by atoms with Crippen LogP contribution in [-0.2, 0) is 0 Å². The Balaban J connectivity index is 3.03. The normalized spacial score (nSPS) is 13.1. The predicted octanol–water partition coefficient (Wildman–Crippen LogP) is 3.82. The molecule has 18 heavy (non-hydrogen) atoms. The summed E-state index contributed by atoms with van der Waals surface area (Å²) >= 11 is 0. The molecule has 0 aliphatic rings. The van der Waals surface area contributed by atoms with E-state index >= 15 is 0 Å². The van der Waals surface area contributed by atoms with E-state index in [1.807, 2.05) is 0 Å². The highest BCUT2D eigenvalue weighted by molar-refractivity contribution is 5.55. The van der Waals surface area contributed by atoms with E-state index in [0.717, 1.165) is 13.1 Å². The molecule has 0 radical (unpaired) electrons. The van der Waals surface area contributed by atoms with Gasteiger partial charge in [-0.05, 0) is 30.4 Å². The Morgan fingerprint density at radius 3 is 1.89 bits per heavy atom. The highest BCUT2D eigenvalue weighted by Gasteiger charge is 2.15. The summed E-state index contributed by atoms with van der Waals surface area (Å²) in [4.78, 5) is 2.48. The molecule has 0 aliphatic carbocycles. The molecule has 0 amide bonds. The molecular weight excluding hydrogens is 220 g/mol. The number of hydrogen-bond acceptors (Lipinski definition) is 2. The van der Waals surface area contributed by atoms with E-state index in [1.54, 1.807) is 0 Å². The van der Waals surface area contributed by atoms with Crippen LogP contribution >= 0.6 is 0 Å². The highest BCUT2D eigenvalue weighted by Crippen LogP contribution is 2.26. The summed E-state index contributed by atoms with van der Waals surface area (Å²) in [7, 11) is 0. The molecule has 1 aromatic carbocycles. The second kappa shape index (κ2) is 6.79. The van der Waals surface area contributed by atoms with Crippen molar-refractivity contribution in [3.63, 3.8) is 0 Å². The fraction of sp³-hybridized carbons (Fsp3) is 0.625. The van der Waals surface area contributed by atoms with Gasteiger partial charge in [0.15, 0.2) is 0 Å². The van der Waals surface area contributed by atoms with Crippen molar-refractivity contribution in [1.82, 2.24) is 0 Å². The van der Waals surface area contributed by atoms with Gasteiger partial charge in [0.2, 0.25) is 0 Å². The minimum absolute atomic E-state index is 0.0861. The molecule has 2 nitrogen and oxygen atoms in total. The number of nitrogens with zero attached hydrogens (tertiary/aromatic N) is 1. The Morgan fingerprint density at radius 1 is 0.944 bits per heavy atom. The highest BCUT2D eigenvalue weighted by atomic mass is 15.1. The van der Waals surface area contributed by atoms with E-state index in [4.69, 9.17) is 5.73 Å². The van der Waals surface area contributed by atoms with Crippen LogP contribution in [0.4, 0.5) is 5.69 Å². The third-order valence-electron chi connectivity index (χ3n) is 2.94. The molecule has 1 aromatic rings. The number of anilines is 1. The van der Waals surface area contributed by atoms with E-state index in [2.05, 4.69) is 63.8 Å². The van der Waals surface area contributed by atoms with Crippen LogP contribution in [0, 0.1) is 11.8 Å². The van der Waals surface area contributed by atoms with Crippen LogP contribution in [0.2, 0.25) is 0 Å². The summed E-state index contributed by atoms with van der Waals surface area (Å²) in [5.41, 5.74) is 8.64. The standard InChI is InChI=1S/C16H28N2/c1-12(2)10-18(11-13(3)4)16-9-7-6-8-15(16)14(5)17/h6-9,12-14H,10-11,17H2,1-5H3/t14-/m1/s1. The van der Waals surface area contributed by atoms with Gasteiger partial charge in [0.25, 0.3) is 0 Å². The van der Waals surface area contributed by atoms with E-state index in [0.29, 0.717) is 11.8 Å². The third kappa shape index (κ3) is 4.34. The van der Waals surface area contributed by atoms with Gasteiger partial charge in [0.1, 0.15) is 0 Å². The molecule has 2 N–H and O–H groups in total. The fourth-order valence-corrected chi connectivity index (χ4v) is 2.31. The van der Waals surface area contributed by atoms with Gasteiger partial charge in [-0.3, -0.25) is 0 Å². The van der Waals surface area contributed by atoms with Crippen LogP contribution in [0.25, 0.3) is 0 Å². The lowest BCUT2D eigenvalue weighted by atomic mass is 10.0. The molecule has 0 heterocycles. The number of nitrogens with two attached hydrogens (primary N) is 1. The minimum atomic E-state index is 0.0861. The van der Waals surface area contributed by atoms with Crippen molar-refractivity contribution in [3.05, 3.63) is 29.8 Å². The van der Waals surface area contributed by atoms with Crippen molar-refractivity contribution >= 4 is 5.69 Å². The maximum absolute atomic E-state index is 6.09. The van der Waals surface area contributed by atoms with Gasteiger partial charge >= 0.3 is 0 Å². The smallest absolute Gasteiger partial charge is 0.0414 e. The number of para-hydroxylation sites is 1. The summed E-state index contributed by atoms with van der Waals surface area (Å²) in [5.74, 6) is 1.31. The predicted molar refractivity (Wildman–Crippen MR) is 80.9 cm³/mol. The number of rotatable bonds is 6. The topological polar surface area (TPSA) is 29.3 Å². The van der Waals surface area contributed by atoms with Crippen LogP contribution < -0.4 is 10.6 Å². The maximum atomic E-state index is 6.09. The molecule has 0 fully saturated rings. The summed E-state index contributed by atoms with van der Waals surface area (Å²) in [6.45, 7) is 13.3. The first-order chi connectivity index (χ1) is 8.41. The largest absolute Gasteiger partial charge is 0.371 e. The first kappa shape index (κ1) is 15.0. The Morgan fingerprint density at radius 2 is 1.44 bits per heavy atom. The van der Waals surface area contributed by atoms with Crippen LogP contribution in [0.1, 0.15) is 46.2 Å². The zero-order chi connectivity index (χ0) is 13.7. The molecule has 0 bridgehead atoms. The van der Waals surface area contributed by atoms with Crippen LogP contribution in [0.5, 0.6) is 0 Å². The second-order valence-corrected chi connectivity index (χ2v) is 6.04. The molecule has 1 rings (SSSR count). The first-order valence-corrected chi connectivity index (χ1v) is 7.01. The average Bonchev–Trinajstić information content (AvgIpc) is 2.26. The Kier molecular flexibility index (Phi) is 5.67. The van der Waals surface area contributed by atoms with Gasteiger partial charge in [-0.25, -0.2) is 0 Å². The molecule has 0 saturated carbocycles. The van der Waals surface area contributed by atoms with Gasteiger partial charge in [-0.15, -0.1) is 0 Å². The third-order valence-corrected chi connectivity index (χ3v) is 2.94. The van der Waals surface area contributed by atoms with E-state index in [-0.39, 0.29) is 6.04 Å². The lowest BCUT2D eigenvalue weighted by molar-refractivity contribution is 0.550. The monoisotopic (exact) mass is 248 g/mol. The molecule has 0 spiro atoms. The van der Waals surface area contributed by atoms with Gasteiger partial charge in [0.05, 0.1) is 0 Å². The summed E-state index contributed by atoms with van der Waals surface area (Å²) in [6, 6.07) is 8.61. The number of benzene rings is 1. The van der Waals surface area contributed by atoms with Crippen LogP contribution in [0.3, 0.4) is 0 Å². The van der Waals surface area contributed by atoms with E-state index < -0.39 is 0 Å². The molecule has 102 valence electrons. The van der Waals surface area contributed by atoms with Gasteiger partial charge in [-0.2, -0.15) is 0 Å². The Labute approximate surface area is 112 Å². The van der Waals surface area contributed by atoms with Crippen molar-refractivity contribution in [1.29, 1.82) is 0 Å². The summed E-state index contributed by atoms with van der Waals surface area (Å²) < 4.78 is 0. The lowest BCUT2D eigenvalue weighted by Crippen LogP contribution is -2.32. The zero-order valence-corrected chi connectivity index (χ0v) is 12.5. The Bertz CT molecular complexity index is 346. The molecule has 0 aliphatic heterocycles. The molecule has 2 heteroatoms. The first-order valence-electron chi connectivity index (χ1n) is 7.01. The second-order valence-electron chi connectivity index (χ2n) is 6.04. The summed E-state index contributed by atoms with van der Waals surface area (Å²) in [6.07, 6.45) is 0. The van der Waals surface area contributed by atoms with Crippen molar-refractivity contribution in [2.45, 2.75) is 40.7 Å². The van der Waals surface area contributed by atoms with Crippen molar-refractivity contribution in [2.75, 3.05) is 18.0 Å². The Hall–Kier alpha value is -1.02. The van der Waals surface area contributed by atoms with Crippen LogP contribution in [0.15, 0.2) is 24.3 Å². The van der Waals surface area contributed by atoms with Gasteiger partial charge in [-0.1, -0.05) is 45.9 Å². The fourth-order valence-electron chi connectivity index (χ4n) is 2.31. The molecule has 0 unspecified atom stereocenters. The SMILES string of the molecule is CC(C)CN(CC(C)C)c1ccccc1[C@@H](C)N. The van der Waals surface area contributed by atoms with Crippen molar-refractivity contribution in [2.24, 2.45) is 17.6 Å². The van der Waals surface area contributed by atoms with E-state index in [1.165, 1.54) is 11.3 Å². The maximum Gasteiger partial charge on any atom is 0.0414 e. The minimum Gasteiger partial charge on any atom is -0.371 e. The molecule has 1 atom stereocenters. The molecule has 0 saturated heterocycles. The van der Waals surface area contributed by atoms with Crippen molar-refractivity contribution in [3.8, 4) is 0 Å². The van der Waals surface area contributed by atoms with Crippen molar-refractivity contribution < 1.29 is 0 Å². The molecule has 0 aromatic heterocycles. The average molecular weight is 248 g/mol. The lowest BCUT2D eigenvalue weighted by Gasteiger charge is -2.31. The quantitative estimate of drug-likeness (QED) is 0.829. The number of hydrogen-bond donors (Lipinski definition) is 1. The summed E-state index contributed by atoms with van der Waals surface area (Å²) in [5, 5.41) is 0.